The highest BCUT2D eigenvalue weighted by atomic mass is 19.4. The molecule has 1 fully saturated rings. The fourth-order valence-electron chi connectivity index (χ4n) is 3.05. The second-order valence-corrected chi connectivity index (χ2v) is 5.86. The third kappa shape index (κ3) is 3.98. The molecule has 8 heteroatoms. The number of aliphatic hydroxyl groups excluding tert-OH is 1. The number of hydrogen-bond donors (Lipinski definition) is 2. The molecule has 1 saturated carbocycles. The van der Waals surface area contributed by atoms with E-state index in [-0.39, 0.29) is 5.92 Å². The fraction of sp³-hybridized carbons (Fsp3) is 0.600. The van der Waals surface area contributed by atoms with Gasteiger partial charge in [0.1, 0.15) is 0 Å². The first-order chi connectivity index (χ1) is 10.5. The fourth-order valence-corrected chi connectivity index (χ4v) is 3.05. The Morgan fingerprint density at radius 2 is 1.57 bits per heavy atom. The van der Waals surface area contributed by atoms with Crippen LogP contribution in [0.25, 0.3) is 0 Å². The van der Waals surface area contributed by atoms with Crippen LogP contribution in [0, 0.1) is 5.92 Å². The molecule has 3 N–H and O–H groups in total. The minimum Gasteiger partial charge on any atom is -0.391 e. The molecule has 0 radical (unpaired) electrons. The van der Waals surface area contributed by atoms with E-state index >= 15 is 0 Å². The second-order valence-electron chi connectivity index (χ2n) is 5.86. The Morgan fingerprint density at radius 1 is 1.00 bits per heavy atom. The van der Waals surface area contributed by atoms with Crippen molar-refractivity contribution in [1.82, 2.24) is 0 Å². The average Bonchev–Trinajstić information content (AvgIpc) is 2.97. The van der Waals surface area contributed by atoms with Gasteiger partial charge in [0.2, 0.25) is 0 Å². The molecular weight excluding hydrogens is 324 g/mol. The van der Waals surface area contributed by atoms with Crippen molar-refractivity contribution in [2.45, 2.75) is 50.2 Å². The maximum Gasteiger partial charge on any atom is 0.416 e. The Morgan fingerprint density at radius 3 is 2.04 bits per heavy atom. The Balaban J connectivity index is 2.43. The summed E-state index contributed by atoms with van der Waals surface area (Å²) in [7, 11) is 0. The van der Waals surface area contributed by atoms with Gasteiger partial charge in [-0.15, -0.1) is 0 Å². The van der Waals surface area contributed by atoms with E-state index in [4.69, 9.17) is 5.73 Å². The molecule has 0 aromatic heterocycles. The van der Waals surface area contributed by atoms with Crippen LogP contribution in [0.15, 0.2) is 18.2 Å². The molecule has 23 heavy (non-hydrogen) atoms. The zero-order valence-corrected chi connectivity index (χ0v) is 12.1. The van der Waals surface area contributed by atoms with Crippen LogP contribution in [0.2, 0.25) is 0 Å². The van der Waals surface area contributed by atoms with Crippen LogP contribution in [0.5, 0.6) is 0 Å². The Labute approximate surface area is 129 Å². The highest BCUT2D eigenvalue weighted by molar-refractivity contribution is 5.38. The number of aliphatic hydroxyl groups is 1. The minimum absolute atomic E-state index is 0.291. The lowest BCUT2D eigenvalue weighted by Gasteiger charge is -2.27. The van der Waals surface area contributed by atoms with Gasteiger partial charge in [-0.05, 0) is 42.5 Å². The summed E-state index contributed by atoms with van der Waals surface area (Å²) >= 11 is 0. The molecule has 0 spiro atoms. The second kappa shape index (κ2) is 6.32. The summed E-state index contributed by atoms with van der Waals surface area (Å²) in [6.07, 6.45) is -8.07. The van der Waals surface area contributed by atoms with Crippen molar-refractivity contribution < 1.29 is 31.4 Å². The first-order valence-corrected chi connectivity index (χ1v) is 7.24. The summed E-state index contributed by atoms with van der Waals surface area (Å²) in [6.45, 7) is 0. The maximum atomic E-state index is 13.1. The van der Waals surface area contributed by atoms with E-state index in [1.54, 1.807) is 0 Å². The van der Waals surface area contributed by atoms with Gasteiger partial charge in [0.05, 0.1) is 23.3 Å². The predicted octanol–water partition coefficient (Wildman–Crippen LogP) is 4.28. The van der Waals surface area contributed by atoms with E-state index in [0.29, 0.717) is 31.0 Å². The molecule has 130 valence electrons. The smallest absolute Gasteiger partial charge is 0.391 e. The molecule has 2 nitrogen and oxygen atoms in total. The number of rotatable bonds is 3. The van der Waals surface area contributed by atoms with Crippen LogP contribution in [0.4, 0.5) is 26.3 Å². The molecule has 1 aromatic rings. The monoisotopic (exact) mass is 341 g/mol. The lowest BCUT2D eigenvalue weighted by Crippen LogP contribution is -2.33. The number of hydrogen-bond acceptors (Lipinski definition) is 2. The van der Waals surface area contributed by atoms with Crippen molar-refractivity contribution in [3.63, 3.8) is 0 Å². The van der Waals surface area contributed by atoms with E-state index in [1.807, 2.05) is 0 Å². The van der Waals surface area contributed by atoms with E-state index in [1.165, 1.54) is 0 Å². The zero-order valence-electron chi connectivity index (χ0n) is 12.1. The number of halogens is 6. The van der Waals surface area contributed by atoms with Gasteiger partial charge in [0.15, 0.2) is 0 Å². The van der Waals surface area contributed by atoms with E-state index in [9.17, 15) is 31.4 Å². The standard InChI is InChI=1S/C15H17F6NO/c16-14(17,18)9-5-6-11(15(19,20)21)10(7-9)12(22)13(23)8-3-1-2-4-8/h5-8,12-13,23H,1-4,22H2/t12-,13+/m1/s1. The summed E-state index contributed by atoms with van der Waals surface area (Å²) in [4.78, 5) is 0. The van der Waals surface area contributed by atoms with Gasteiger partial charge in [-0.1, -0.05) is 12.8 Å². The quantitative estimate of drug-likeness (QED) is 0.807. The lowest BCUT2D eigenvalue weighted by atomic mass is 9.87. The Bertz CT molecular complexity index is 548. The number of alkyl halides is 6. The first kappa shape index (κ1) is 18.1. The lowest BCUT2D eigenvalue weighted by molar-refractivity contribution is -0.142. The van der Waals surface area contributed by atoms with Gasteiger partial charge in [-0.3, -0.25) is 0 Å². The summed E-state index contributed by atoms with van der Waals surface area (Å²) in [5.74, 6) is -0.291. The van der Waals surface area contributed by atoms with Gasteiger partial charge in [0.25, 0.3) is 0 Å². The van der Waals surface area contributed by atoms with Gasteiger partial charge < -0.3 is 10.8 Å². The molecule has 0 saturated heterocycles. The van der Waals surface area contributed by atoms with Crippen LogP contribution in [0.1, 0.15) is 48.4 Å². The maximum absolute atomic E-state index is 13.1. The van der Waals surface area contributed by atoms with Crippen LogP contribution in [0.3, 0.4) is 0 Å². The minimum atomic E-state index is -4.84. The molecule has 1 aliphatic carbocycles. The van der Waals surface area contributed by atoms with Crippen molar-refractivity contribution in [2.75, 3.05) is 0 Å². The highest BCUT2D eigenvalue weighted by Crippen LogP contribution is 2.40. The predicted molar refractivity (Wildman–Crippen MR) is 71.3 cm³/mol. The topological polar surface area (TPSA) is 46.2 Å². The van der Waals surface area contributed by atoms with Crippen molar-refractivity contribution in [1.29, 1.82) is 0 Å². The molecule has 2 rings (SSSR count). The molecule has 0 aliphatic heterocycles. The van der Waals surface area contributed by atoms with Crippen LogP contribution in [-0.4, -0.2) is 11.2 Å². The van der Waals surface area contributed by atoms with E-state index in [0.717, 1.165) is 12.8 Å². The summed E-state index contributed by atoms with van der Waals surface area (Å²) in [5.41, 5.74) is 2.54. The summed E-state index contributed by atoms with van der Waals surface area (Å²) < 4.78 is 77.5. The van der Waals surface area contributed by atoms with Crippen LogP contribution >= 0.6 is 0 Å². The first-order valence-electron chi connectivity index (χ1n) is 7.24. The molecule has 0 amide bonds. The van der Waals surface area contributed by atoms with Crippen molar-refractivity contribution in [2.24, 2.45) is 11.7 Å². The number of benzene rings is 1. The zero-order chi connectivity index (χ0) is 17.4. The van der Waals surface area contributed by atoms with Crippen molar-refractivity contribution in [3.05, 3.63) is 34.9 Å². The van der Waals surface area contributed by atoms with Gasteiger partial charge >= 0.3 is 12.4 Å². The molecule has 0 bridgehead atoms. The average molecular weight is 341 g/mol. The van der Waals surface area contributed by atoms with Gasteiger partial charge in [-0.2, -0.15) is 26.3 Å². The SMILES string of the molecule is N[C@H](c1cc(C(F)(F)F)ccc1C(F)(F)F)[C@@H](O)C1CCCC1. The number of nitrogens with two attached hydrogens (primary N) is 1. The van der Waals surface area contributed by atoms with E-state index in [2.05, 4.69) is 0 Å². The van der Waals surface area contributed by atoms with E-state index < -0.39 is 41.2 Å². The third-order valence-electron chi connectivity index (χ3n) is 4.29. The summed E-state index contributed by atoms with van der Waals surface area (Å²) in [6, 6.07) is -0.372. The molecule has 0 unspecified atom stereocenters. The van der Waals surface area contributed by atoms with Crippen molar-refractivity contribution >= 4 is 0 Å². The van der Waals surface area contributed by atoms with Crippen LogP contribution < -0.4 is 5.73 Å². The van der Waals surface area contributed by atoms with Crippen molar-refractivity contribution in [3.8, 4) is 0 Å². The molecule has 1 aliphatic rings. The molecular formula is C15H17F6NO. The van der Waals surface area contributed by atoms with Crippen LogP contribution in [-0.2, 0) is 12.4 Å². The summed E-state index contributed by atoms with van der Waals surface area (Å²) in [5, 5.41) is 10.2. The van der Waals surface area contributed by atoms with Gasteiger partial charge in [0, 0.05) is 0 Å². The largest absolute Gasteiger partial charge is 0.416 e. The molecule has 1 aromatic carbocycles. The molecule has 0 heterocycles. The third-order valence-corrected chi connectivity index (χ3v) is 4.29. The Hall–Kier alpha value is -1.28. The Kier molecular flexibility index (Phi) is 4.96. The normalized spacial score (nSPS) is 19.8. The highest BCUT2D eigenvalue weighted by Gasteiger charge is 2.40. The van der Waals surface area contributed by atoms with Gasteiger partial charge in [-0.25, -0.2) is 0 Å². The molecule has 2 atom stereocenters.